The maximum Gasteiger partial charge on any atom is 0.167 e. The molecular weight excluding hydrogens is 342 g/mol. The van der Waals surface area contributed by atoms with Gasteiger partial charge in [0.2, 0.25) is 0 Å². The van der Waals surface area contributed by atoms with Crippen LogP contribution in [0.1, 0.15) is 27.9 Å². The second-order valence-corrected chi connectivity index (χ2v) is 6.85. The molecule has 0 fully saturated rings. The molecule has 1 aliphatic rings. The van der Waals surface area contributed by atoms with E-state index in [1.54, 1.807) is 0 Å². The number of Topliss-reactive ketones (excluding diaryl/α,β-unsaturated/α-hetero) is 1. The van der Waals surface area contributed by atoms with Gasteiger partial charge in [0.25, 0.3) is 0 Å². The number of ketones is 1. The Balaban J connectivity index is 0.00000196. The molecule has 134 valence electrons. The van der Waals surface area contributed by atoms with Crippen molar-refractivity contribution in [2.75, 3.05) is 13.1 Å². The Morgan fingerprint density at radius 1 is 0.923 bits per heavy atom. The van der Waals surface area contributed by atoms with Gasteiger partial charge in [0.15, 0.2) is 5.78 Å². The smallest absolute Gasteiger partial charge is 0.167 e. The van der Waals surface area contributed by atoms with Gasteiger partial charge in [-0.1, -0.05) is 66.7 Å². The van der Waals surface area contributed by atoms with Crippen molar-refractivity contribution in [3.05, 3.63) is 83.4 Å². The number of fused-ring (bicyclic) bond motifs is 3. The number of nitrogens with one attached hydrogen (secondary N) is 1. The number of rotatable bonds is 5. The summed E-state index contributed by atoms with van der Waals surface area (Å²) in [6.45, 7) is 1.69. The fraction of sp³-hybridized carbons (Fsp3) is 0.261. The Morgan fingerprint density at radius 2 is 1.69 bits per heavy atom. The van der Waals surface area contributed by atoms with E-state index >= 15 is 0 Å². The van der Waals surface area contributed by atoms with Crippen LogP contribution in [0.4, 0.5) is 0 Å². The van der Waals surface area contributed by atoms with Crippen LogP contribution in [0.15, 0.2) is 66.7 Å². The van der Waals surface area contributed by atoms with Gasteiger partial charge in [0, 0.05) is 18.0 Å². The van der Waals surface area contributed by atoms with Crippen molar-refractivity contribution >= 4 is 29.0 Å². The molecule has 26 heavy (non-hydrogen) atoms. The minimum absolute atomic E-state index is 0. The minimum atomic E-state index is 0. The van der Waals surface area contributed by atoms with Crippen molar-refractivity contribution in [3.8, 4) is 0 Å². The van der Waals surface area contributed by atoms with Gasteiger partial charge >= 0.3 is 0 Å². The number of benzene rings is 3. The normalized spacial score (nSPS) is 16.2. The first-order chi connectivity index (χ1) is 12.3. The first-order valence-corrected chi connectivity index (χ1v) is 9.12. The molecule has 0 saturated carbocycles. The van der Waals surface area contributed by atoms with Crippen LogP contribution in [0.3, 0.4) is 0 Å². The summed E-state index contributed by atoms with van der Waals surface area (Å²) in [7, 11) is 0. The van der Waals surface area contributed by atoms with E-state index in [-0.39, 0.29) is 18.3 Å². The molecule has 1 N–H and O–H groups in total. The number of hydrogen-bond acceptors (Lipinski definition) is 2. The highest BCUT2D eigenvalue weighted by molar-refractivity contribution is 6.05. The quantitative estimate of drug-likeness (QED) is 0.655. The summed E-state index contributed by atoms with van der Waals surface area (Å²) in [5.41, 5.74) is 3.50. The lowest BCUT2D eigenvalue weighted by Gasteiger charge is -2.25. The van der Waals surface area contributed by atoms with E-state index in [4.69, 9.17) is 0 Å². The molecule has 0 spiro atoms. The Labute approximate surface area is 161 Å². The highest BCUT2D eigenvalue weighted by Crippen LogP contribution is 2.31. The Bertz CT molecular complexity index is 891. The van der Waals surface area contributed by atoms with Gasteiger partial charge in [-0.2, -0.15) is 0 Å². The van der Waals surface area contributed by atoms with E-state index in [2.05, 4.69) is 59.9 Å². The Kier molecular flexibility index (Phi) is 6.08. The molecule has 1 aliphatic carbocycles. The van der Waals surface area contributed by atoms with Gasteiger partial charge in [-0.15, -0.1) is 12.4 Å². The van der Waals surface area contributed by atoms with Crippen LogP contribution in [0, 0.1) is 5.92 Å². The van der Waals surface area contributed by atoms with Gasteiger partial charge in [-0.25, -0.2) is 0 Å². The lowest BCUT2D eigenvalue weighted by Crippen LogP contribution is -2.33. The topological polar surface area (TPSA) is 29.1 Å². The van der Waals surface area contributed by atoms with E-state index < -0.39 is 0 Å². The zero-order chi connectivity index (χ0) is 17.1. The zero-order valence-electron chi connectivity index (χ0n) is 14.8. The van der Waals surface area contributed by atoms with Crippen LogP contribution in [0.25, 0.3) is 10.8 Å². The van der Waals surface area contributed by atoms with Crippen LogP contribution in [0.2, 0.25) is 0 Å². The number of hydrogen-bond donors (Lipinski definition) is 1. The number of aryl methyl sites for hydroxylation is 1. The second kappa shape index (κ2) is 8.48. The molecule has 0 aromatic heterocycles. The van der Waals surface area contributed by atoms with Gasteiger partial charge in [0.05, 0.1) is 0 Å². The van der Waals surface area contributed by atoms with Crippen molar-refractivity contribution in [1.29, 1.82) is 0 Å². The SMILES string of the molecule is Cl.O=C1c2ccc3ccccc3c2CCC1CNCCc1ccccc1. The second-order valence-electron chi connectivity index (χ2n) is 6.85. The van der Waals surface area contributed by atoms with Crippen LogP contribution >= 0.6 is 12.4 Å². The van der Waals surface area contributed by atoms with Crippen molar-refractivity contribution in [1.82, 2.24) is 5.32 Å². The molecule has 3 aromatic rings. The van der Waals surface area contributed by atoms with Crippen molar-refractivity contribution in [2.45, 2.75) is 19.3 Å². The largest absolute Gasteiger partial charge is 0.316 e. The van der Waals surface area contributed by atoms with E-state index in [9.17, 15) is 4.79 Å². The summed E-state index contributed by atoms with van der Waals surface area (Å²) < 4.78 is 0. The highest BCUT2D eigenvalue weighted by atomic mass is 35.5. The van der Waals surface area contributed by atoms with E-state index in [0.29, 0.717) is 5.78 Å². The van der Waals surface area contributed by atoms with Crippen LogP contribution in [0.5, 0.6) is 0 Å². The number of carbonyl (C=O) groups excluding carboxylic acids is 1. The predicted molar refractivity (Wildman–Crippen MR) is 110 cm³/mol. The van der Waals surface area contributed by atoms with Gasteiger partial charge < -0.3 is 5.32 Å². The van der Waals surface area contributed by atoms with Crippen molar-refractivity contribution in [2.24, 2.45) is 5.92 Å². The molecule has 0 amide bonds. The Morgan fingerprint density at radius 3 is 2.54 bits per heavy atom. The van der Waals surface area contributed by atoms with Gasteiger partial charge in [-0.05, 0) is 47.7 Å². The van der Waals surface area contributed by atoms with E-state index in [1.165, 1.54) is 21.9 Å². The highest BCUT2D eigenvalue weighted by Gasteiger charge is 2.27. The standard InChI is InChI=1S/C23H23NO.ClH/c25-23-19(16-24-15-14-17-6-2-1-3-7-17)11-12-21-20-9-5-4-8-18(20)10-13-22(21)23;/h1-10,13,19,24H,11-12,14-16H2;1H. The Hall–Kier alpha value is -2.16. The third-order valence-corrected chi connectivity index (χ3v) is 5.24. The van der Waals surface area contributed by atoms with E-state index in [1.807, 2.05) is 12.1 Å². The van der Waals surface area contributed by atoms with Gasteiger partial charge in [-0.3, -0.25) is 4.79 Å². The van der Waals surface area contributed by atoms with Crippen LogP contribution in [-0.4, -0.2) is 18.9 Å². The maximum absolute atomic E-state index is 12.9. The number of halogens is 1. The lowest BCUT2D eigenvalue weighted by molar-refractivity contribution is 0.0901. The fourth-order valence-corrected chi connectivity index (χ4v) is 3.85. The average Bonchev–Trinajstić information content (AvgIpc) is 2.67. The molecule has 0 bridgehead atoms. The minimum Gasteiger partial charge on any atom is -0.316 e. The third-order valence-electron chi connectivity index (χ3n) is 5.24. The molecule has 3 aromatic carbocycles. The zero-order valence-corrected chi connectivity index (χ0v) is 15.6. The predicted octanol–water partition coefficient (Wildman–Crippen LogP) is 4.84. The molecule has 0 aliphatic heterocycles. The molecule has 1 unspecified atom stereocenters. The molecule has 3 heteroatoms. The maximum atomic E-state index is 12.9. The summed E-state index contributed by atoms with van der Waals surface area (Å²) in [5.74, 6) is 0.406. The van der Waals surface area contributed by atoms with Crippen molar-refractivity contribution in [3.63, 3.8) is 0 Å². The first-order valence-electron chi connectivity index (χ1n) is 9.12. The summed E-state index contributed by atoms with van der Waals surface area (Å²) in [5, 5.41) is 5.95. The lowest BCUT2D eigenvalue weighted by atomic mass is 9.80. The van der Waals surface area contributed by atoms with Crippen molar-refractivity contribution < 1.29 is 4.79 Å². The molecule has 2 nitrogen and oxygen atoms in total. The van der Waals surface area contributed by atoms with Crippen LogP contribution in [-0.2, 0) is 12.8 Å². The molecule has 0 saturated heterocycles. The monoisotopic (exact) mass is 365 g/mol. The average molecular weight is 366 g/mol. The fourth-order valence-electron chi connectivity index (χ4n) is 3.85. The first kappa shape index (κ1) is 18.6. The summed E-state index contributed by atoms with van der Waals surface area (Å²) in [4.78, 5) is 12.9. The van der Waals surface area contributed by atoms with E-state index in [0.717, 1.165) is 37.9 Å². The summed E-state index contributed by atoms with van der Waals surface area (Å²) >= 11 is 0. The third kappa shape index (κ3) is 3.82. The molecular formula is C23H24ClNO. The summed E-state index contributed by atoms with van der Waals surface area (Å²) in [6.07, 6.45) is 2.94. The van der Waals surface area contributed by atoms with Crippen LogP contribution < -0.4 is 5.32 Å². The number of carbonyl (C=O) groups is 1. The molecule has 0 heterocycles. The molecule has 4 rings (SSSR count). The van der Waals surface area contributed by atoms with Gasteiger partial charge in [0.1, 0.15) is 0 Å². The summed E-state index contributed by atoms with van der Waals surface area (Å²) in [6, 6.07) is 23.0. The molecule has 0 radical (unpaired) electrons. The molecule has 1 atom stereocenters.